The Kier molecular flexibility index (Phi) is 16.3. The molecule has 0 radical (unpaired) electrons. The Hall–Kier alpha value is -0.200. The molecule has 1 saturated heterocycles. The van der Waals surface area contributed by atoms with Crippen LogP contribution in [0.25, 0.3) is 0 Å². The van der Waals surface area contributed by atoms with Crippen LogP contribution in [0.4, 0.5) is 0 Å². The number of hydrogen-bond donors (Lipinski definition) is 4. The molecule has 0 aromatic rings. The van der Waals surface area contributed by atoms with Gasteiger partial charge in [0.25, 0.3) is 0 Å². The summed E-state index contributed by atoms with van der Waals surface area (Å²) in [4.78, 5) is 2.61. The standard InChI is InChI=1S/C23H50N4O/c1-3-4-5-6-7-8-12-23(2,22-28)21-27-19-10-15-24-13-9-14-25-17-18-26-16-11-20-27/h24-26,28H,3-22H2,1-2H3. The summed E-state index contributed by atoms with van der Waals surface area (Å²) in [6.45, 7) is 14.7. The highest BCUT2D eigenvalue weighted by Gasteiger charge is 2.25. The molecule has 0 amide bonds. The predicted octanol–water partition coefficient (Wildman–Crippen LogP) is 2.99. The third kappa shape index (κ3) is 13.9. The number of unbranched alkanes of at least 4 members (excludes halogenated alkanes) is 5. The lowest BCUT2D eigenvalue weighted by atomic mass is 9.84. The summed E-state index contributed by atoms with van der Waals surface area (Å²) in [5.74, 6) is 0. The minimum absolute atomic E-state index is 0.0401. The van der Waals surface area contributed by atoms with Gasteiger partial charge < -0.3 is 26.0 Å². The first-order valence-corrected chi connectivity index (χ1v) is 12.2. The van der Waals surface area contributed by atoms with Gasteiger partial charge in [0, 0.05) is 31.7 Å². The van der Waals surface area contributed by atoms with Crippen LogP contribution in [-0.4, -0.2) is 75.5 Å². The van der Waals surface area contributed by atoms with E-state index in [9.17, 15) is 5.11 Å². The molecule has 1 atom stereocenters. The summed E-state index contributed by atoms with van der Waals surface area (Å²) < 4.78 is 0. The van der Waals surface area contributed by atoms with E-state index in [1.807, 2.05) is 0 Å². The van der Waals surface area contributed by atoms with E-state index in [1.165, 1.54) is 57.8 Å². The largest absolute Gasteiger partial charge is 0.396 e. The average Bonchev–Trinajstić information content (AvgIpc) is 2.71. The van der Waals surface area contributed by atoms with Crippen LogP contribution >= 0.6 is 0 Å². The number of aliphatic hydroxyl groups excluding tert-OH is 1. The lowest BCUT2D eigenvalue weighted by Gasteiger charge is -2.34. The van der Waals surface area contributed by atoms with E-state index in [0.717, 1.165) is 65.3 Å². The fourth-order valence-electron chi connectivity index (χ4n) is 4.10. The van der Waals surface area contributed by atoms with Crippen molar-refractivity contribution in [2.24, 2.45) is 5.41 Å². The molecule has 0 saturated carbocycles. The molecule has 1 rings (SSSR count). The average molecular weight is 399 g/mol. The maximum atomic E-state index is 10.1. The third-order valence-electron chi connectivity index (χ3n) is 5.96. The second-order valence-electron chi connectivity index (χ2n) is 9.07. The number of rotatable bonds is 10. The molecular formula is C23H50N4O. The molecule has 1 heterocycles. The highest BCUT2D eigenvalue weighted by atomic mass is 16.3. The van der Waals surface area contributed by atoms with Gasteiger partial charge in [-0.05, 0) is 65.0 Å². The molecule has 1 unspecified atom stereocenters. The van der Waals surface area contributed by atoms with Crippen molar-refractivity contribution in [1.29, 1.82) is 0 Å². The van der Waals surface area contributed by atoms with Gasteiger partial charge in [0.05, 0.1) is 0 Å². The van der Waals surface area contributed by atoms with Crippen molar-refractivity contribution in [1.82, 2.24) is 20.9 Å². The van der Waals surface area contributed by atoms with E-state index in [4.69, 9.17) is 0 Å². The first kappa shape index (κ1) is 25.8. The summed E-state index contributed by atoms with van der Waals surface area (Å²) in [5.41, 5.74) is 0.0401. The zero-order chi connectivity index (χ0) is 20.3. The van der Waals surface area contributed by atoms with E-state index >= 15 is 0 Å². The summed E-state index contributed by atoms with van der Waals surface area (Å²) >= 11 is 0. The van der Waals surface area contributed by atoms with Crippen molar-refractivity contribution in [3.8, 4) is 0 Å². The molecule has 5 nitrogen and oxygen atoms in total. The Morgan fingerprint density at radius 3 is 1.89 bits per heavy atom. The van der Waals surface area contributed by atoms with Crippen molar-refractivity contribution < 1.29 is 5.11 Å². The fraction of sp³-hybridized carbons (Fsp3) is 1.00. The van der Waals surface area contributed by atoms with E-state index in [-0.39, 0.29) is 5.41 Å². The molecule has 5 heteroatoms. The zero-order valence-corrected chi connectivity index (χ0v) is 19.0. The van der Waals surface area contributed by atoms with Gasteiger partial charge in [0.2, 0.25) is 0 Å². The molecule has 1 aliphatic rings. The van der Waals surface area contributed by atoms with Crippen molar-refractivity contribution in [2.45, 2.75) is 78.1 Å². The van der Waals surface area contributed by atoms with Crippen LogP contribution in [0.5, 0.6) is 0 Å². The first-order chi connectivity index (χ1) is 13.7. The summed E-state index contributed by atoms with van der Waals surface area (Å²) in [7, 11) is 0. The van der Waals surface area contributed by atoms with E-state index in [0.29, 0.717) is 6.61 Å². The second-order valence-corrected chi connectivity index (χ2v) is 9.07. The van der Waals surface area contributed by atoms with Gasteiger partial charge in [0.15, 0.2) is 0 Å². The maximum Gasteiger partial charge on any atom is 0.0497 e. The lowest BCUT2D eigenvalue weighted by molar-refractivity contribution is 0.0767. The Balaban J connectivity index is 2.40. The molecule has 1 fully saturated rings. The van der Waals surface area contributed by atoms with Crippen LogP contribution in [0.1, 0.15) is 78.1 Å². The van der Waals surface area contributed by atoms with Gasteiger partial charge >= 0.3 is 0 Å². The quantitative estimate of drug-likeness (QED) is 0.426. The van der Waals surface area contributed by atoms with E-state index in [2.05, 4.69) is 34.7 Å². The van der Waals surface area contributed by atoms with E-state index < -0.39 is 0 Å². The summed E-state index contributed by atoms with van der Waals surface area (Å²) in [6, 6.07) is 0. The molecule has 1 aliphatic heterocycles. The number of aliphatic hydroxyl groups is 1. The Labute approximate surface area is 175 Å². The Morgan fingerprint density at radius 1 is 0.750 bits per heavy atom. The van der Waals surface area contributed by atoms with Crippen LogP contribution in [0, 0.1) is 5.41 Å². The molecule has 28 heavy (non-hydrogen) atoms. The minimum atomic E-state index is 0.0401. The van der Waals surface area contributed by atoms with Gasteiger partial charge in [-0.25, -0.2) is 0 Å². The van der Waals surface area contributed by atoms with Gasteiger partial charge in [-0.15, -0.1) is 0 Å². The van der Waals surface area contributed by atoms with Gasteiger partial charge in [-0.1, -0.05) is 52.4 Å². The molecular weight excluding hydrogens is 348 g/mol. The molecule has 0 bridgehead atoms. The normalized spacial score (nSPS) is 21.5. The zero-order valence-electron chi connectivity index (χ0n) is 19.0. The molecule has 4 N–H and O–H groups in total. The van der Waals surface area contributed by atoms with Crippen LogP contribution in [-0.2, 0) is 0 Å². The van der Waals surface area contributed by atoms with Crippen molar-refractivity contribution >= 4 is 0 Å². The van der Waals surface area contributed by atoms with Crippen molar-refractivity contribution in [3.05, 3.63) is 0 Å². The number of nitrogens with zero attached hydrogens (tertiary/aromatic N) is 1. The van der Waals surface area contributed by atoms with Crippen molar-refractivity contribution in [3.63, 3.8) is 0 Å². The topological polar surface area (TPSA) is 59.6 Å². The monoisotopic (exact) mass is 398 g/mol. The van der Waals surface area contributed by atoms with Crippen LogP contribution in [0.3, 0.4) is 0 Å². The molecule has 0 spiro atoms. The summed E-state index contributed by atoms with van der Waals surface area (Å²) in [6.07, 6.45) is 12.7. The molecule has 168 valence electrons. The number of hydrogen-bond acceptors (Lipinski definition) is 5. The predicted molar refractivity (Wildman–Crippen MR) is 122 cm³/mol. The second kappa shape index (κ2) is 17.6. The van der Waals surface area contributed by atoms with Crippen LogP contribution in [0.15, 0.2) is 0 Å². The highest BCUT2D eigenvalue weighted by Crippen LogP contribution is 2.26. The molecule has 0 aromatic heterocycles. The third-order valence-corrected chi connectivity index (χ3v) is 5.96. The van der Waals surface area contributed by atoms with Crippen LogP contribution in [0.2, 0.25) is 0 Å². The molecule has 0 aliphatic carbocycles. The van der Waals surface area contributed by atoms with Crippen LogP contribution < -0.4 is 16.0 Å². The smallest absolute Gasteiger partial charge is 0.0497 e. The Morgan fingerprint density at radius 2 is 1.29 bits per heavy atom. The maximum absolute atomic E-state index is 10.1. The Bertz CT molecular complexity index is 327. The van der Waals surface area contributed by atoms with Gasteiger partial charge in [-0.3, -0.25) is 0 Å². The van der Waals surface area contributed by atoms with E-state index in [1.54, 1.807) is 0 Å². The van der Waals surface area contributed by atoms with Gasteiger partial charge in [-0.2, -0.15) is 0 Å². The number of nitrogens with one attached hydrogen (secondary N) is 3. The lowest BCUT2D eigenvalue weighted by Crippen LogP contribution is -2.40. The first-order valence-electron chi connectivity index (χ1n) is 12.2. The summed E-state index contributed by atoms with van der Waals surface area (Å²) in [5, 5.41) is 20.7. The van der Waals surface area contributed by atoms with Gasteiger partial charge in [0.1, 0.15) is 0 Å². The fourth-order valence-corrected chi connectivity index (χ4v) is 4.10. The highest BCUT2D eigenvalue weighted by molar-refractivity contribution is 4.79. The minimum Gasteiger partial charge on any atom is -0.396 e. The van der Waals surface area contributed by atoms with Crippen molar-refractivity contribution in [2.75, 3.05) is 65.5 Å². The molecule has 0 aromatic carbocycles. The SMILES string of the molecule is CCCCCCCCC(C)(CO)CN1CCCNCCCNCCNCCC1.